The predicted octanol–water partition coefficient (Wildman–Crippen LogP) is 6.30. The fraction of sp³-hybridized carbons (Fsp3) is 0. The van der Waals surface area contributed by atoms with E-state index in [0.717, 1.165) is 12.7 Å². The first-order chi connectivity index (χ1) is 14.8. The third-order valence-corrected chi connectivity index (χ3v) is 6.69. The Morgan fingerprint density at radius 3 is 2.68 bits per heavy atom. The van der Waals surface area contributed by atoms with E-state index in [1.807, 2.05) is 18.2 Å². The molecule has 0 aliphatic carbocycles. The summed E-state index contributed by atoms with van der Waals surface area (Å²) >= 11 is 12.9. The molecule has 0 spiro atoms. The second-order valence-corrected chi connectivity index (χ2v) is 10.1. The molecular formula is C21H12BrI2N3O3S. The van der Waals surface area contributed by atoms with Crippen molar-refractivity contribution in [3.63, 3.8) is 0 Å². The highest BCUT2D eigenvalue weighted by Gasteiger charge is 2.14. The van der Waals surface area contributed by atoms with Crippen molar-refractivity contribution >= 4 is 101 Å². The lowest BCUT2D eigenvalue weighted by atomic mass is 10.2. The minimum Gasteiger partial charge on any atom is -0.507 e. The second kappa shape index (κ2) is 9.38. The third-order valence-electron chi connectivity index (χ3n) is 4.24. The lowest BCUT2D eigenvalue weighted by Gasteiger charge is -2.10. The van der Waals surface area contributed by atoms with Crippen LogP contribution in [0.25, 0.3) is 22.6 Å². The van der Waals surface area contributed by atoms with E-state index in [9.17, 15) is 9.90 Å². The van der Waals surface area contributed by atoms with E-state index in [1.54, 1.807) is 36.4 Å². The summed E-state index contributed by atoms with van der Waals surface area (Å²) in [4.78, 5) is 17.1. The average Bonchev–Trinajstić information content (AvgIpc) is 3.15. The smallest absolute Gasteiger partial charge is 0.258 e. The van der Waals surface area contributed by atoms with Crippen LogP contribution in [0.5, 0.6) is 5.75 Å². The first-order valence-electron chi connectivity index (χ1n) is 8.77. The van der Waals surface area contributed by atoms with Gasteiger partial charge in [-0.3, -0.25) is 10.1 Å². The number of phenols is 1. The Balaban J connectivity index is 1.50. The maximum absolute atomic E-state index is 12.5. The number of hydrogen-bond donors (Lipinski definition) is 3. The Hall–Kier alpha value is -1.77. The molecule has 0 radical (unpaired) electrons. The van der Waals surface area contributed by atoms with Gasteiger partial charge in [-0.2, -0.15) is 0 Å². The zero-order valence-corrected chi connectivity index (χ0v) is 22.2. The zero-order chi connectivity index (χ0) is 22.1. The molecule has 0 aliphatic rings. The number of thiocarbonyl (C=S) groups is 1. The normalized spacial score (nSPS) is 10.8. The molecule has 0 saturated heterocycles. The van der Waals surface area contributed by atoms with Crippen molar-refractivity contribution in [2.45, 2.75) is 0 Å². The van der Waals surface area contributed by atoms with Crippen LogP contribution in [0.2, 0.25) is 0 Å². The number of anilines is 1. The fourth-order valence-electron chi connectivity index (χ4n) is 2.77. The number of amides is 1. The molecule has 6 nitrogen and oxygen atoms in total. The number of carbonyl (C=O) groups is 1. The van der Waals surface area contributed by atoms with Crippen molar-refractivity contribution in [3.05, 3.63) is 71.8 Å². The summed E-state index contributed by atoms with van der Waals surface area (Å²) in [5.74, 6) is 0.293. The van der Waals surface area contributed by atoms with E-state index in [-0.39, 0.29) is 16.8 Å². The Kier molecular flexibility index (Phi) is 6.79. The Labute approximate surface area is 218 Å². The Morgan fingerprint density at radius 2 is 1.90 bits per heavy atom. The molecular weight excluding hydrogens is 708 g/mol. The second-order valence-electron chi connectivity index (χ2n) is 6.40. The summed E-state index contributed by atoms with van der Waals surface area (Å²) in [5, 5.41) is 15.6. The van der Waals surface area contributed by atoms with Gasteiger partial charge in [0, 0.05) is 18.4 Å². The molecule has 1 heterocycles. The van der Waals surface area contributed by atoms with Crippen LogP contribution in [-0.4, -0.2) is 21.1 Å². The molecule has 1 aromatic heterocycles. The largest absolute Gasteiger partial charge is 0.507 e. The first kappa shape index (κ1) is 22.4. The Morgan fingerprint density at radius 1 is 1.10 bits per heavy atom. The number of halogens is 3. The number of aromatic nitrogens is 1. The van der Waals surface area contributed by atoms with E-state index < -0.39 is 0 Å². The van der Waals surface area contributed by atoms with Gasteiger partial charge in [-0.15, -0.1) is 0 Å². The van der Waals surface area contributed by atoms with Crippen molar-refractivity contribution in [1.29, 1.82) is 0 Å². The molecule has 4 aromatic rings. The molecule has 3 N–H and O–H groups in total. The average molecular weight is 720 g/mol. The number of hydrogen-bond acceptors (Lipinski definition) is 5. The number of benzene rings is 3. The van der Waals surface area contributed by atoms with Crippen LogP contribution in [-0.2, 0) is 0 Å². The van der Waals surface area contributed by atoms with Crippen molar-refractivity contribution in [3.8, 4) is 17.2 Å². The van der Waals surface area contributed by atoms with Crippen LogP contribution in [0, 0.1) is 7.14 Å². The number of aromatic hydroxyl groups is 1. The highest BCUT2D eigenvalue weighted by molar-refractivity contribution is 14.1. The summed E-state index contributed by atoms with van der Waals surface area (Å²) in [7, 11) is 0. The minimum absolute atomic E-state index is 0.141. The van der Waals surface area contributed by atoms with Crippen LogP contribution in [0.15, 0.2) is 63.5 Å². The lowest BCUT2D eigenvalue weighted by Crippen LogP contribution is -2.34. The molecule has 1 amide bonds. The van der Waals surface area contributed by atoms with E-state index in [1.165, 1.54) is 0 Å². The molecule has 0 unspecified atom stereocenters. The van der Waals surface area contributed by atoms with Crippen molar-refractivity contribution < 1.29 is 14.3 Å². The summed E-state index contributed by atoms with van der Waals surface area (Å²) < 4.78 is 8.18. The Bertz CT molecular complexity index is 1340. The third kappa shape index (κ3) is 5.18. The number of carbonyl (C=O) groups excluding carboxylic acids is 1. The summed E-state index contributed by atoms with van der Waals surface area (Å²) in [6, 6.07) is 16.0. The number of oxazole rings is 1. The number of phenolic OH excluding ortho intramolecular Hbond substituents is 1. The van der Waals surface area contributed by atoms with Crippen LogP contribution in [0.3, 0.4) is 0 Å². The SMILES string of the molecule is O=C(NC(=S)Nc1ccc2oc(-c3ccc(O)c(Br)c3)nc2c1)c1cc(I)ccc1I. The van der Waals surface area contributed by atoms with E-state index in [0.29, 0.717) is 32.7 Å². The molecule has 0 fully saturated rings. The molecule has 0 bridgehead atoms. The lowest BCUT2D eigenvalue weighted by molar-refractivity contribution is 0.0977. The standard InChI is InChI=1S/C21H12BrI2N3O3S/c22-14-7-10(1-5-17(14)28)20-26-16-9-12(3-6-18(16)30-20)25-21(31)27-19(29)13-8-11(23)2-4-15(13)24/h1-9,28H,(H2,25,27,29,31). The van der Waals surface area contributed by atoms with Gasteiger partial charge in [-0.05, 0) is 128 Å². The minimum atomic E-state index is -0.275. The predicted molar refractivity (Wildman–Crippen MR) is 144 cm³/mol. The van der Waals surface area contributed by atoms with Crippen molar-refractivity contribution in [2.75, 3.05) is 5.32 Å². The molecule has 4 rings (SSSR count). The van der Waals surface area contributed by atoms with Crippen LogP contribution in [0.4, 0.5) is 5.69 Å². The van der Waals surface area contributed by atoms with Gasteiger partial charge in [0.05, 0.1) is 10.0 Å². The summed E-state index contributed by atoms with van der Waals surface area (Å²) in [5.41, 5.74) is 3.19. The maximum atomic E-state index is 12.5. The van der Waals surface area contributed by atoms with Crippen LogP contribution < -0.4 is 10.6 Å². The zero-order valence-electron chi connectivity index (χ0n) is 15.4. The van der Waals surface area contributed by atoms with Gasteiger partial charge in [-0.25, -0.2) is 4.98 Å². The highest BCUT2D eigenvalue weighted by atomic mass is 127. The van der Waals surface area contributed by atoms with E-state index in [4.69, 9.17) is 16.6 Å². The monoisotopic (exact) mass is 719 g/mol. The van der Waals surface area contributed by atoms with Gasteiger partial charge < -0.3 is 14.8 Å². The van der Waals surface area contributed by atoms with Gasteiger partial charge in [0.1, 0.15) is 11.3 Å². The highest BCUT2D eigenvalue weighted by Crippen LogP contribution is 2.31. The van der Waals surface area contributed by atoms with Gasteiger partial charge in [0.25, 0.3) is 5.91 Å². The van der Waals surface area contributed by atoms with Gasteiger partial charge in [0.2, 0.25) is 5.89 Å². The number of nitrogens with one attached hydrogen (secondary N) is 2. The molecule has 156 valence electrons. The topological polar surface area (TPSA) is 87.4 Å². The molecule has 0 atom stereocenters. The molecule has 31 heavy (non-hydrogen) atoms. The van der Waals surface area contributed by atoms with Crippen molar-refractivity contribution in [2.24, 2.45) is 0 Å². The quantitative estimate of drug-likeness (QED) is 0.170. The van der Waals surface area contributed by atoms with Gasteiger partial charge in [0.15, 0.2) is 10.7 Å². The first-order valence-corrected chi connectivity index (χ1v) is 12.1. The molecule has 0 saturated carbocycles. The van der Waals surface area contributed by atoms with Crippen LogP contribution in [0.1, 0.15) is 10.4 Å². The number of rotatable bonds is 3. The van der Waals surface area contributed by atoms with E-state index in [2.05, 4.69) is 76.7 Å². The molecule has 3 aromatic carbocycles. The maximum Gasteiger partial charge on any atom is 0.258 e. The van der Waals surface area contributed by atoms with Gasteiger partial charge in [-0.1, -0.05) is 0 Å². The summed E-state index contributed by atoms with van der Waals surface area (Å²) in [6.07, 6.45) is 0. The van der Waals surface area contributed by atoms with Crippen molar-refractivity contribution in [1.82, 2.24) is 10.3 Å². The summed E-state index contributed by atoms with van der Waals surface area (Å²) in [6.45, 7) is 0. The molecule has 10 heteroatoms. The number of nitrogens with zero attached hydrogens (tertiary/aromatic N) is 1. The molecule has 0 aliphatic heterocycles. The van der Waals surface area contributed by atoms with E-state index >= 15 is 0 Å². The van der Waals surface area contributed by atoms with Crippen LogP contribution >= 0.6 is 73.3 Å². The van der Waals surface area contributed by atoms with Gasteiger partial charge >= 0.3 is 0 Å². The fourth-order valence-corrected chi connectivity index (χ4v) is 4.43. The number of fused-ring (bicyclic) bond motifs is 1.